The topological polar surface area (TPSA) is 46.1 Å². The van der Waals surface area contributed by atoms with E-state index in [0.717, 1.165) is 12.5 Å². The molecule has 0 aliphatic carbocycles. The van der Waals surface area contributed by atoms with Crippen LogP contribution in [0.1, 0.15) is 0 Å². The van der Waals surface area contributed by atoms with Crippen molar-refractivity contribution < 1.29 is 4.74 Å². The molecule has 1 aromatic rings. The highest BCUT2D eigenvalue weighted by molar-refractivity contribution is 7.71. The summed E-state index contributed by atoms with van der Waals surface area (Å²) in [6.07, 6.45) is 0. The van der Waals surface area contributed by atoms with Crippen LogP contribution in [0.4, 0.5) is 5.95 Å². The fraction of sp³-hybridized carbons (Fsp3) is 0.714. The van der Waals surface area contributed by atoms with Gasteiger partial charge in [0.2, 0.25) is 5.95 Å². The minimum absolute atomic E-state index is 0.626. The first kappa shape index (κ1) is 10.2. The molecule has 0 saturated carbocycles. The Morgan fingerprint density at radius 2 is 2.31 bits per heavy atom. The molecule has 74 valence electrons. The molecule has 0 atom stereocenters. The first-order chi connectivity index (χ1) is 6.16. The molecule has 0 radical (unpaired) electrons. The minimum Gasteiger partial charge on any atom is -0.383 e. The maximum atomic E-state index is 5.07. The average Bonchev–Trinajstić information content (AvgIpc) is 2.43. The Bertz CT molecular complexity index is 317. The molecule has 6 heteroatoms. The van der Waals surface area contributed by atoms with Crippen molar-refractivity contribution in [3.63, 3.8) is 0 Å². The molecule has 13 heavy (non-hydrogen) atoms. The van der Waals surface area contributed by atoms with Crippen molar-refractivity contribution in [2.45, 2.75) is 6.54 Å². The van der Waals surface area contributed by atoms with Gasteiger partial charge in [0.25, 0.3) is 0 Å². The average molecular weight is 202 g/mol. The lowest BCUT2D eigenvalue weighted by Gasteiger charge is -2.12. The number of methoxy groups -OCH3 is 1. The quantitative estimate of drug-likeness (QED) is 0.728. The van der Waals surface area contributed by atoms with Crippen molar-refractivity contribution in [1.29, 1.82) is 0 Å². The third-order valence-electron chi connectivity index (χ3n) is 1.66. The van der Waals surface area contributed by atoms with Crippen LogP contribution in [-0.2, 0) is 11.3 Å². The molecular formula is C7H14N4OS. The highest BCUT2D eigenvalue weighted by atomic mass is 32.1. The molecule has 0 fully saturated rings. The third-order valence-corrected chi connectivity index (χ3v) is 1.97. The van der Waals surface area contributed by atoms with Crippen LogP contribution in [0.25, 0.3) is 0 Å². The van der Waals surface area contributed by atoms with Crippen molar-refractivity contribution in [1.82, 2.24) is 14.8 Å². The second-order valence-corrected chi connectivity index (χ2v) is 3.25. The van der Waals surface area contributed by atoms with Gasteiger partial charge in [-0.25, -0.2) is 5.10 Å². The number of rotatable bonds is 4. The number of aromatic amines is 1. The Kier molecular flexibility index (Phi) is 3.44. The number of nitrogens with one attached hydrogen (secondary N) is 1. The smallest absolute Gasteiger partial charge is 0.225 e. The number of ether oxygens (including phenoxy) is 1. The summed E-state index contributed by atoms with van der Waals surface area (Å²) < 4.78 is 7.50. The van der Waals surface area contributed by atoms with Crippen LogP contribution >= 0.6 is 12.2 Å². The lowest BCUT2D eigenvalue weighted by Crippen LogP contribution is -2.17. The van der Waals surface area contributed by atoms with Crippen molar-refractivity contribution in [3.8, 4) is 0 Å². The highest BCUT2D eigenvalue weighted by Gasteiger charge is 2.06. The number of aromatic nitrogens is 3. The van der Waals surface area contributed by atoms with Gasteiger partial charge in [-0.1, -0.05) is 0 Å². The Morgan fingerprint density at radius 1 is 1.62 bits per heavy atom. The number of hydrogen-bond acceptors (Lipinski definition) is 4. The first-order valence-electron chi connectivity index (χ1n) is 3.98. The van der Waals surface area contributed by atoms with Gasteiger partial charge in [0.05, 0.1) is 13.2 Å². The molecule has 0 aliphatic rings. The predicted molar refractivity (Wildman–Crippen MR) is 53.6 cm³/mol. The Balaban J connectivity index is 2.88. The van der Waals surface area contributed by atoms with Crippen LogP contribution in [-0.4, -0.2) is 42.6 Å². The Hall–Kier alpha value is -0.880. The molecule has 1 heterocycles. The summed E-state index contributed by atoms with van der Waals surface area (Å²) in [7, 11) is 5.52. The maximum Gasteiger partial charge on any atom is 0.225 e. The zero-order chi connectivity index (χ0) is 9.84. The van der Waals surface area contributed by atoms with E-state index in [9.17, 15) is 0 Å². The fourth-order valence-electron chi connectivity index (χ4n) is 1.03. The fourth-order valence-corrected chi connectivity index (χ4v) is 1.25. The first-order valence-corrected chi connectivity index (χ1v) is 4.39. The van der Waals surface area contributed by atoms with Gasteiger partial charge < -0.3 is 9.64 Å². The summed E-state index contributed by atoms with van der Waals surface area (Å²) in [5.74, 6) is 0.821. The minimum atomic E-state index is 0.626. The second-order valence-electron chi connectivity index (χ2n) is 2.87. The lowest BCUT2D eigenvalue weighted by atomic mass is 10.6. The monoisotopic (exact) mass is 202 g/mol. The van der Waals surface area contributed by atoms with E-state index in [1.54, 1.807) is 7.11 Å². The van der Waals surface area contributed by atoms with E-state index in [-0.39, 0.29) is 0 Å². The van der Waals surface area contributed by atoms with Gasteiger partial charge in [-0.05, 0) is 12.2 Å². The van der Waals surface area contributed by atoms with Gasteiger partial charge in [0.1, 0.15) is 0 Å². The van der Waals surface area contributed by atoms with Crippen LogP contribution in [0.15, 0.2) is 0 Å². The van der Waals surface area contributed by atoms with Gasteiger partial charge in [-0.3, -0.25) is 4.57 Å². The molecule has 0 spiro atoms. The van der Waals surface area contributed by atoms with E-state index < -0.39 is 0 Å². The van der Waals surface area contributed by atoms with Crippen LogP contribution < -0.4 is 4.90 Å². The molecule has 0 bridgehead atoms. The van der Waals surface area contributed by atoms with E-state index in [1.165, 1.54) is 0 Å². The normalized spacial score (nSPS) is 10.4. The molecule has 0 unspecified atom stereocenters. The van der Waals surface area contributed by atoms with Gasteiger partial charge in [-0.15, -0.1) is 5.10 Å². The standard InChI is InChI=1S/C7H14N4OS/c1-10(2)6-8-9-7(13)11(6)4-5-12-3/h4-5H2,1-3H3,(H,9,13). The third kappa shape index (κ3) is 2.28. The van der Waals surface area contributed by atoms with Crippen LogP contribution in [0.3, 0.4) is 0 Å². The molecule has 5 nitrogen and oxygen atoms in total. The zero-order valence-corrected chi connectivity index (χ0v) is 8.89. The highest BCUT2D eigenvalue weighted by Crippen LogP contribution is 2.06. The summed E-state index contributed by atoms with van der Waals surface area (Å²) in [6, 6.07) is 0. The lowest BCUT2D eigenvalue weighted by molar-refractivity contribution is 0.187. The van der Waals surface area contributed by atoms with Gasteiger partial charge >= 0.3 is 0 Å². The van der Waals surface area contributed by atoms with Crippen molar-refractivity contribution in [3.05, 3.63) is 4.77 Å². The van der Waals surface area contributed by atoms with Gasteiger partial charge in [0.15, 0.2) is 4.77 Å². The van der Waals surface area contributed by atoms with E-state index in [2.05, 4.69) is 10.2 Å². The molecule has 1 rings (SSSR count). The number of anilines is 1. The summed E-state index contributed by atoms with van der Waals surface area (Å²) in [5, 5.41) is 6.83. The Morgan fingerprint density at radius 3 is 2.85 bits per heavy atom. The molecule has 1 N–H and O–H groups in total. The summed E-state index contributed by atoms with van der Waals surface area (Å²) in [4.78, 5) is 1.90. The van der Waals surface area contributed by atoms with E-state index in [0.29, 0.717) is 11.4 Å². The van der Waals surface area contributed by atoms with Gasteiger partial charge in [-0.2, -0.15) is 0 Å². The summed E-state index contributed by atoms with van der Waals surface area (Å²) >= 11 is 5.07. The number of nitrogens with zero attached hydrogens (tertiary/aromatic N) is 3. The number of H-pyrrole nitrogens is 1. The molecule has 0 amide bonds. The van der Waals surface area contributed by atoms with Gasteiger partial charge in [0, 0.05) is 21.2 Å². The number of hydrogen-bond donors (Lipinski definition) is 1. The second kappa shape index (κ2) is 4.38. The summed E-state index contributed by atoms with van der Waals surface area (Å²) in [5.41, 5.74) is 0. The summed E-state index contributed by atoms with van der Waals surface area (Å²) in [6.45, 7) is 1.36. The molecule has 1 aromatic heterocycles. The predicted octanol–water partition coefficient (Wildman–Crippen LogP) is 0.653. The largest absolute Gasteiger partial charge is 0.383 e. The van der Waals surface area contributed by atoms with Crippen molar-refractivity contribution in [2.75, 3.05) is 32.7 Å². The van der Waals surface area contributed by atoms with Crippen LogP contribution in [0, 0.1) is 4.77 Å². The molecule has 0 saturated heterocycles. The van der Waals surface area contributed by atoms with Crippen molar-refractivity contribution >= 4 is 18.2 Å². The Labute approximate surface area is 82.3 Å². The zero-order valence-electron chi connectivity index (χ0n) is 8.07. The van der Waals surface area contributed by atoms with Crippen LogP contribution in [0.2, 0.25) is 0 Å². The van der Waals surface area contributed by atoms with Crippen LogP contribution in [0.5, 0.6) is 0 Å². The molecule has 0 aliphatic heterocycles. The van der Waals surface area contributed by atoms with E-state index in [4.69, 9.17) is 17.0 Å². The SMILES string of the molecule is COCCn1c(N(C)C)n[nH]c1=S. The molecular weight excluding hydrogens is 188 g/mol. The molecule has 0 aromatic carbocycles. The van der Waals surface area contributed by atoms with E-state index in [1.807, 2.05) is 23.6 Å². The van der Waals surface area contributed by atoms with E-state index >= 15 is 0 Å². The maximum absolute atomic E-state index is 5.07. The van der Waals surface area contributed by atoms with Crippen molar-refractivity contribution in [2.24, 2.45) is 0 Å².